The van der Waals surface area contributed by atoms with E-state index in [0.29, 0.717) is 6.04 Å². The lowest BCUT2D eigenvalue weighted by atomic mass is 10.1. The zero-order chi connectivity index (χ0) is 10.1. The van der Waals surface area contributed by atoms with Gasteiger partial charge in [0.25, 0.3) is 0 Å². The molecule has 1 aromatic rings. The maximum Gasteiger partial charge on any atom is 0.221 e. The summed E-state index contributed by atoms with van der Waals surface area (Å²) < 4.78 is 0. The highest BCUT2D eigenvalue weighted by Crippen LogP contribution is 2.27. The average molecular weight is 271 g/mol. The molecule has 1 unspecified atom stereocenters. The molecule has 3 nitrogen and oxygen atoms in total. The first kappa shape index (κ1) is 12.2. The average Bonchev–Trinajstić information content (AvgIpc) is 2.46. The SMILES string of the molecule is Br.CC(=O)Nc1ccc2c(c1)CNC2C. The molecule has 0 aliphatic carbocycles. The van der Waals surface area contributed by atoms with Crippen LogP contribution in [0.1, 0.15) is 31.0 Å². The highest BCUT2D eigenvalue weighted by atomic mass is 79.9. The second-order valence-corrected chi connectivity index (χ2v) is 3.70. The van der Waals surface area contributed by atoms with Gasteiger partial charge in [0, 0.05) is 25.2 Å². The standard InChI is InChI=1S/C11H14N2O.BrH/c1-7-11-4-3-10(13-8(2)14)5-9(11)6-12-7;/h3-5,7,12H,6H2,1-2H3,(H,13,14);1H. The van der Waals surface area contributed by atoms with Gasteiger partial charge in [0.2, 0.25) is 5.91 Å². The van der Waals surface area contributed by atoms with Gasteiger partial charge in [-0.15, -0.1) is 17.0 Å². The summed E-state index contributed by atoms with van der Waals surface area (Å²) in [6, 6.07) is 6.48. The van der Waals surface area contributed by atoms with Crippen molar-refractivity contribution in [2.45, 2.75) is 26.4 Å². The van der Waals surface area contributed by atoms with Gasteiger partial charge in [-0.1, -0.05) is 6.07 Å². The summed E-state index contributed by atoms with van der Waals surface area (Å²) in [7, 11) is 0. The van der Waals surface area contributed by atoms with Crippen molar-refractivity contribution in [3.63, 3.8) is 0 Å². The first-order valence-corrected chi connectivity index (χ1v) is 4.80. The molecule has 0 bridgehead atoms. The number of carbonyl (C=O) groups excluding carboxylic acids is 1. The van der Waals surface area contributed by atoms with E-state index in [1.165, 1.54) is 18.1 Å². The Morgan fingerprint density at radius 2 is 2.27 bits per heavy atom. The highest BCUT2D eigenvalue weighted by Gasteiger charge is 2.17. The smallest absolute Gasteiger partial charge is 0.221 e. The number of anilines is 1. The van der Waals surface area contributed by atoms with E-state index in [2.05, 4.69) is 23.6 Å². The number of hydrogen-bond donors (Lipinski definition) is 2. The number of hydrogen-bond acceptors (Lipinski definition) is 2. The Labute approximate surface area is 100 Å². The molecule has 0 saturated carbocycles. The molecule has 1 aliphatic heterocycles. The molecule has 1 aliphatic rings. The maximum atomic E-state index is 10.9. The number of rotatable bonds is 1. The van der Waals surface area contributed by atoms with Gasteiger partial charge in [-0.25, -0.2) is 0 Å². The lowest BCUT2D eigenvalue weighted by molar-refractivity contribution is -0.114. The molecule has 4 heteroatoms. The third kappa shape index (κ3) is 2.58. The van der Waals surface area contributed by atoms with Crippen LogP contribution in [0.3, 0.4) is 0 Å². The topological polar surface area (TPSA) is 41.1 Å². The van der Waals surface area contributed by atoms with Gasteiger partial charge in [0.15, 0.2) is 0 Å². The molecule has 2 rings (SSSR count). The molecule has 0 fully saturated rings. The van der Waals surface area contributed by atoms with E-state index in [4.69, 9.17) is 0 Å². The number of amides is 1. The van der Waals surface area contributed by atoms with E-state index >= 15 is 0 Å². The molecule has 2 N–H and O–H groups in total. The summed E-state index contributed by atoms with van der Waals surface area (Å²) in [5.41, 5.74) is 3.50. The summed E-state index contributed by atoms with van der Waals surface area (Å²) in [5.74, 6) is -0.0241. The molecule has 0 saturated heterocycles. The predicted octanol–water partition coefficient (Wildman–Crippen LogP) is 2.39. The van der Waals surface area contributed by atoms with Crippen molar-refractivity contribution >= 4 is 28.6 Å². The molecular formula is C11H15BrN2O. The van der Waals surface area contributed by atoms with E-state index in [-0.39, 0.29) is 22.9 Å². The highest BCUT2D eigenvalue weighted by molar-refractivity contribution is 8.93. The van der Waals surface area contributed by atoms with Crippen molar-refractivity contribution in [1.82, 2.24) is 5.32 Å². The normalized spacial score (nSPS) is 17.9. The van der Waals surface area contributed by atoms with Crippen molar-refractivity contribution in [3.05, 3.63) is 29.3 Å². The maximum absolute atomic E-state index is 10.9. The molecule has 0 aromatic heterocycles. The van der Waals surface area contributed by atoms with Crippen LogP contribution in [0, 0.1) is 0 Å². The number of halogens is 1. The molecule has 15 heavy (non-hydrogen) atoms. The monoisotopic (exact) mass is 270 g/mol. The fourth-order valence-corrected chi connectivity index (χ4v) is 1.84. The third-order valence-corrected chi connectivity index (χ3v) is 2.53. The Morgan fingerprint density at radius 1 is 1.53 bits per heavy atom. The molecule has 1 heterocycles. The molecular weight excluding hydrogens is 256 g/mol. The number of nitrogens with one attached hydrogen (secondary N) is 2. The van der Waals surface area contributed by atoms with E-state index in [9.17, 15) is 4.79 Å². The summed E-state index contributed by atoms with van der Waals surface area (Å²) in [4.78, 5) is 10.9. The summed E-state index contributed by atoms with van der Waals surface area (Å²) in [5, 5.41) is 6.14. The summed E-state index contributed by atoms with van der Waals surface area (Å²) in [6.07, 6.45) is 0. The van der Waals surface area contributed by atoms with E-state index in [0.717, 1.165) is 12.2 Å². The predicted molar refractivity (Wildman–Crippen MR) is 66.3 cm³/mol. The Hall–Kier alpha value is -0.870. The first-order chi connectivity index (χ1) is 6.66. The fraction of sp³-hybridized carbons (Fsp3) is 0.364. The minimum absolute atomic E-state index is 0. The van der Waals surface area contributed by atoms with Crippen LogP contribution >= 0.6 is 17.0 Å². The number of benzene rings is 1. The van der Waals surface area contributed by atoms with Crippen molar-refractivity contribution in [2.24, 2.45) is 0 Å². The van der Waals surface area contributed by atoms with Crippen LogP contribution in [0.4, 0.5) is 5.69 Å². The van der Waals surface area contributed by atoms with Crippen LogP contribution in [0.5, 0.6) is 0 Å². The molecule has 1 atom stereocenters. The number of carbonyl (C=O) groups is 1. The van der Waals surface area contributed by atoms with E-state index in [1.807, 2.05) is 12.1 Å². The van der Waals surface area contributed by atoms with Gasteiger partial charge < -0.3 is 10.6 Å². The molecule has 0 spiro atoms. The van der Waals surface area contributed by atoms with Crippen molar-refractivity contribution in [3.8, 4) is 0 Å². The quantitative estimate of drug-likeness (QED) is 0.823. The van der Waals surface area contributed by atoms with E-state index < -0.39 is 0 Å². The lowest BCUT2D eigenvalue weighted by Gasteiger charge is -2.06. The van der Waals surface area contributed by atoms with Gasteiger partial charge >= 0.3 is 0 Å². The van der Waals surface area contributed by atoms with Crippen LogP contribution in [-0.4, -0.2) is 5.91 Å². The molecule has 1 aromatic carbocycles. The second kappa shape index (κ2) is 4.77. The summed E-state index contributed by atoms with van der Waals surface area (Å²) in [6.45, 7) is 4.56. The number of fused-ring (bicyclic) bond motifs is 1. The van der Waals surface area contributed by atoms with Gasteiger partial charge in [0.1, 0.15) is 0 Å². The van der Waals surface area contributed by atoms with Crippen LogP contribution in [0.25, 0.3) is 0 Å². The van der Waals surface area contributed by atoms with Crippen molar-refractivity contribution < 1.29 is 4.79 Å². The van der Waals surface area contributed by atoms with Gasteiger partial charge in [0.05, 0.1) is 0 Å². The third-order valence-electron chi connectivity index (χ3n) is 2.53. The Bertz CT molecular complexity index is 379. The largest absolute Gasteiger partial charge is 0.326 e. The Morgan fingerprint density at radius 3 is 2.93 bits per heavy atom. The minimum atomic E-state index is -0.0241. The lowest BCUT2D eigenvalue weighted by Crippen LogP contribution is -2.06. The van der Waals surface area contributed by atoms with Crippen LogP contribution < -0.4 is 10.6 Å². The van der Waals surface area contributed by atoms with Crippen molar-refractivity contribution in [1.29, 1.82) is 0 Å². The van der Waals surface area contributed by atoms with Gasteiger partial charge in [-0.05, 0) is 30.2 Å². The van der Waals surface area contributed by atoms with Crippen LogP contribution in [-0.2, 0) is 11.3 Å². The molecule has 1 amide bonds. The Balaban J connectivity index is 0.00000112. The molecule has 82 valence electrons. The second-order valence-electron chi connectivity index (χ2n) is 3.70. The fourth-order valence-electron chi connectivity index (χ4n) is 1.84. The first-order valence-electron chi connectivity index (χ1n) is 4.80. The molecule has 0 radical (unpaired) electrons. The van der Waals surface area contributed by atoms with E-state index in [1.54, 1.807) is 0 Å². The van der Waals surface area contributed by atoms with Gasteiger partial charge in [-0.3, -0.25) is 4.79 Å². The van der Waals surface area contributed by atoms with Crippen LogP contribution in [0.2, 0.25) is 0 Å². The summed E-state index contributed by atoms with van der Waals surface area (Å²) >= 11 is 0. The minimum Gasteiger partial charge on any atom is -0.326 e. The zero-order valence-electron chi connectivity index (χ0n) is 8.83. The van der Waals surface area contributed by atoms with Crippen LogP contribution in [0.15, 0.2) is 18.2 Å². The van der Waals surface area contributed by atoms with Gasteiger partial charge in [-0.2, -0.15) is 0 Å². The zero-order valence-corrected chi connectivity index (χ0v) is 10.5. The van der Waals surface area contributed by atoms with Crippen molar-refractivity contribution in [2.75, 3.05) is 5.32 Å². The Kier molecular flexibility index (Phi) is 3.88.